The average Bonchev–Trinajstić information content (AvgIpc) is 2.65. The summed E-state index contributed by atoms with van der Waals surface area (Å²) in [5.74, 6) is 0. The molecule has 1 rings (SSSR count). The van der Waals surface area contributed by atoms with E-state index in [1.807, 2.05) is 0 Å². The van der Waals surface area contributed by atoms with E-state index in [0.29, 0.717) is 6.04 Å². The molecule has 0 amide bonds. The highest BCUT2D eigenvalue weighted by Gasteiger charge is 2.20. The third-order valence-corrected chi connectivity index (χ3v) is 2.65. The van der Waals surface area contributed by atoms with Crippen LogP contribution in [0.2, 0.25) is 0 Å². The van der Waals surface area contributed by atoms with Crippen LogP contribution < -0.4 is 5.32 Å². The van der Waals surface area contributed by atoms with Crippen LogP contribution in [-0.4, -0.2) is 50.8 Å². The Balaban J connectivity index is 2.26. The Labute approximate surface area is 81.4 Å². The zero-order valence-corrected chi connectivity index (χ0v) is 8.88. The molecule has 0 aromatic heterocycles. The molecule has 1 aliphatic rings. The van der Waals surface area contributed by atoms with Crippen molar-refractivity contribution in [2.24, 2.45) is 0 Å². The molecule has 1 saturated heterocycles. The van der Waals surface area contributed by atoms with E-state index >= 15 is 0 Å². The lowest BCUT2D eigenvalue weighted by atomic mass is 10.2. The van der Waals surface area contributed by atoms with Crippen molar-refractivity contribution in [2.75, 3.05) is 39.9 Å². The summed E-state index contributed by atoms with van der Waals surface area (Å²) in [5, 5.41) is 3.39. The van der Waals surface area contributed by atoms with E-state index in [1.165, 1.54) is 25.9 Å². The second-order valence-corrected chi connectivity index (χ2v) is 3.66. The molecule has 0 aromatic carbocycles. The number of nitrogens with zero attached hydrogens (tertiary/aromatic N) is 1. The predicted octanol–water partition coefficient (Wildman–Crippen LogP) is 0.707. The largest absolute Gasteiger partial charge is 0.383 e. The molecule has 0 aromatic rings. The Bertz CT molecular complexity index is 124. The van der Waals surface area contributed by atoms with Crippen molar-refractivity contribution in [3.63, 3.8) is 0 Å². The van der Waals surface area contributed by atoms with Crippen molar-refractivity contribution in [1.82, 2.24) is 10.2 Å². The monoisotopic (exact) mass is 186 g/mol. The van der Waals surface area contributed by atoms with Crippen molar-refractivity contribution in [2.45, 2.75) is 25.8 Å². The van der Waals surface area contributed by atoms with Gasteiger partial charge in [-0.15, -0.1) is 0 Å². The average molecular weight is 186 g/mol. The summed E-state index contributed by atoms with van der Waals surface area (Å²) in [5.41, 5.74) is 0. The minimum absolute atomic E-state index is 0.576. The molecule has 1 N–H and O–H groups in total. The molecule has 0 spiro atoms. The van der Waals surface area contributed by atoms with Crippen molar-refractivity contribution < 1.29 is 4.74 Å². The summed E-state index contributed by atoms with van der Waals surface area (Å²) in [6.45, 7) is 7.61. The number of likely N-dealkylation sites (tertiary alicyclic amines) is 1. The number of methoxy groups -OCH3 is 1. The number of hydrogen-bond donors (Lipinski definition) is 1. The second kappa shape index (κ2) is 6.35. The van der Waals surface area contributed by atoms with Crippen molar-refractivity contribution in [3.05, 3.63) is 0 Å². The zero-order valence-electron chi connectivity index (χ0n) is 8.88. The lowest BCUT2D eigenvalue weighted by molar-refractivity contribution is 0.105. The van der Waals surface area contributed by atoms with E-state index in [9.17, 15) is 0 Å². The Kier molecular flexibility index (Phi) is 5.35. The van der Waals surface area contributed by atoms with Gasteiger partial charge in [-0.05, 0) is 32.5 Å². The van der Waals surface area contributed by atoms with Gasteiger partial charge >= 0.3 is 0 Å². The quantitative estimate of drug-likeness (QED) is 0.661. The van der Waals surface area contributed by atoms with E-state index in [-0.39, 0.29) is 0 Å². The normalized spacial score (nSPS) is 20.8. The van der Waals surface area contributed by atoms with E-state index in [1.54, 1.807) is 7.11 Å². The number of likely N-dealkylation sites (N-methyl/N-ethyl adjacent to an activating group) is 1. The standard InChI is InChI=1S/C10H22N2O/c1-3-11-8-10(9-13-2)12-6-4-5-7-12/h10-11H,3-9H2,1-2H3. The number of ether oxygens (including phenoxy) is 1. The molecule has 3 heteroatoms. The molecule has 0 aliphatic carbocycles. The highest BCUT2D eigenvalue weighted by Crippen LogP contribution is 2.11. The maximum Gasteiger partial charge on any atom is 0.0630 e. The maximum atomic E-state index is 5.23. The van der Waals surface area contributed by atoms with Crippen molar-refractivity contribution in [1.29, 1.82) is 0 Å². The summed E-state index contributed by atoms with van der Waals surface area (Å²) in [4.78, 5) is 2.53. The van der Waals surface area contributed by atoms with Gasteiger partial charge < -0.3 is 10.1 Å². The second-order valence-electron chi connectivity index (χ2n) is 3.66. The Hall–Kier alpha value is -0.120. The van der Waals surface area contributed by atoms with Crippen molar-refractivity contribution in [3.8, 4) is 0 Å². The van der Waals surface area contributed by atoms with Gasteiger partial charge in [0.1, 0.15) is 0 Å². The Morgan fingerprint density at radius 2 is 2.08 bits per heavy atom. The molecule has 3 nitrogen and oxygen atoms in total. The summed E-state index contributed by atoms with van der Waals surface area (Å²) in [6, 6.07) is 0.576. The molecule has 1 unspecified atom stereocenters. The van der Waals surface area contributed by atoms with E-state index in [4.69, 9.17) is 4.74 Å². The minimum Gasteiger partial charge on any atom is -0.383 e. The maximum absolute atomic E-state index is 5.23. The van der Waals surface area contributed by atoms with Gasteiger partial charge in [0, 0.05) is 19.7 Å². The van der Waals surface area contributed by atoms with E-state index in [2.05, 4.69) is 17.1 Å². The first-order valence-electron chi connectivity index (χ1n) is 5.32. The molecular formula is C10H22N2O. The number of nitrogens with one attached hydrogen (secondary N) is 1. The predicted molar refractivity (Wildman–Crippen MR) is 55.0 cm³/mol. The van der Waals surface area contributed by atoms with Gasteiger partial charge in [-0.1, -0.05) is 6.92 Å². The lowest BCUT2D eigenvalue weighted by Gasteiger charge is -2.26. The van der Waals surface area contributed by atoms with Gasteiger partial charge in [0.05, 0.1) is 6.61 Å². The first kappa shape index (κ1) is 11.0. The van der Waals surface area contributed by atoms with E-state index in [0.717, 1.165) is 19.7 Å². The smallest absolute Gasteiger partial charge is 0.0630 e. The SMILES string of the molecule is CCNCC(COC)N1CCCC1. The van der Waals surface area contributed by atoms with Gasteiger partial charge in [-0.2, -0.15) is 0 Å². The lowest BCUT2D eigenvalue weighted by Crippen LogP contribution is -2.43. The van der Waals surface area contributed by atoms with Crippen LogP contribution in [0.5, 0.6) is 0 Å². The van der Waals surface area contributed by atoms with Crippen LogP contribution in [0, 0.1) is 0 Å². The first-order valence-corrected chi connectivity index (χ1v) is 5.32. The third-order valence-electron chi connectivity index (χ3n) is 2.65. The summed E-state index contributed by atoms with van der Waals surface area (Å²) in [7, 11) is 1.79. The van der Waals surface area contributed by atoms with E-state index < -0.39 is 0 Å². The number of rotatable bonds is 6. The van der Waals surface area contributed by atoms with Crippen molar-refractivity contribution >= 4 is 0 Å². The molecule has 1 atom stereocenters. The van der Waals surface area contributed by atoms with Gasteiger partial charge in [0.25, 0.3) is 0 Å². The van der Waals surface area contributed by atoms with Crippen LogP contribution in [0.1, 0.15) is 19.8 Å². The topological polar surface area (TPSA) is 24.5 Å². The van der Waals surface area contributed by atoms with Gasteiger partial charge in [-0.3, -0.25) is 4.90 Å². The van der Waals surface area contributed by atoms with Gasteiger partial charge in [0.15, 0.2) is 0 Å². The molecule has 0 radical (unpaired) electrons. The molecule has 1 fully saturated rings. The zero-order chi connectivity index (χ0) is 9.52. The van der Waals surface area contributed by atoms with Gasteiger partial charge in [0.2, 0.25) is 0 Å². The fourth-order valence-electron chi connectivity index (χ4n) is 1.90. The Morgan fingerprint density at radius 1 is 1.38 bits per heavy atom. The molecule has 13 heavy (non-hydrogen) atoms. The molecule has 0 bridgehead atoms. The summed E-state index contributed by atoms with van der Waals surface area (Å²) in [6.07, 6.45) is 2.71. The summed E-state index contributed by atoms with van der Waals surface area (Å²) < 4.78 is 5.23. The molecule has 78 valence electrons. The van der Waals surface area contributed by atoms with Crippen LogP contribution in [0.15, 0.2) is 0 Å². The first-order chi connectivity index (χ1) is 6.38. The molecule has 1 heterocycles. The van der Waals surface area contributed by atoms with Crippen LogP contribution >= 0.6 is 0 Å². The minimum atomic E-state index is 0.576. The van der Waals surface area contributed by atoms with Crippen LogP contribution in [0.3, 0.4) is 0 Å². The third kappa shape index (κ3) is 3.63. The molecule has 0 saturated carbocycles. The van der Waals surface area contributed by atoms with Crippen LogP contribution in [0.25, 0.3) is 0 Å². The molecular weight excluding hydrogens is 164 g/mol. The highest BCUT2D eigenvalue weighted by atomic mass is 16.5. The van der Waals surface area contributed by atoms with Crippen LogP contribution in [-0.2, 0) is 4.74 Å². The fraction of sp³-hybridized carbons (Fsp3) is 1.00. The Morgan fingerprint density at radius 3 is 2.62 bits per heavy atom. The molecule has 1 aliphatic heterocycles. The van der Waals surface area contributed by atoms with Gasteiger partial charge in [-0.25, -0.2) is 0 Å². The fourth-order valence-corrected chi connectivity index (χ4v) is 1.90. The number of hydrogen-bond acceptors (Lipinski definition) is 3. The van der Waals surface area contributed by atoms with Crippen LogP contribution in [0.4, 0.5) is 0 Å². The summed E-state index contributed by atoms with van der Waals surface area (Å²) >= 11 is 0. The highest BCUT2D eigenvalue weighted by molar-refractivity contribution is 4.77.